The number of rotatable bonds is 17. The number of carbonyl (C=O) groups excluding carboxylic acids is 1. The van der Waals surface area contributed by atoms with Gasteiger partial charge in [0.05, 0.1) is 23.5 Å². The molecular weight excluding hydrogens is 637 g/mol. The van der Waals surface area contributed by atoms with Crippen molar-refractivity contribution in [1.82, 2.24) is 20.2 Å². The Bertz CT molecular complexity index is 1470. The van der Waals surface area contributed by atoms with Gasteiger partial charge in [-0.05, 0) is 19.3 Å². The molecular formula is C17H26N8O10S5. The summed E-state index contributed by atoms with van der Waals surface area (Å²) < 4.78 is 93.2. The second-order valence-electron chi connectivity index (χ2n) is 7.89. The standard InChI is InChI=1S/C17H26N8O10S5/c1-12(26)19-15-14(21-22-16-23-24-17(37-16)36-7-4-10-40(33,34)35)18-11-13(20-15)25(5-2-8-38(27,28)29)6-3-9-39(30,31)32/h11H,2-10H2,1H3,(H,19,20,26)(H,27,28,29)(H,30,31,32)(H,33,34,35). The van der Waals surface area contributed by atoms with E-state index in [1.807, 2.05) is 0 Å². The SMILES string of the molecule is CC(=O)Nc1nc(N(CCCS(=O)(=O)O)CCCS(=O)(=O)O)cnc1N=Nc1nnc(SCCCS(=O)(=O)O)s1. The van der Waals surface area contributed by atoms with E-state index in [4.69, 9.17) is 13.7 Å². The van der Waals surface area contributed by atoms with E-state index < -0.39 is 47.8 Å². The second-order valence-corrected chi connectivity index (χ2v) is 14.9. The number of hydrogen-bond acceptors (Lipinski definition) is 16. The van der Waals surface area contributed by atoms with Gasteiger partial charge < -0.3 is 10.2 Å². The Labute approximate surface area is 238 Å². The number of azo groups is 1. The molecule has 0 fully saturated rings. The fourth-order valence-electron chi connectivity index (χ4n) is 2.86. The molecule has 18 nitrogen and oxygen atoms in total. The maximum atomic E-state index is 11.7. The molecule has 0 aliphatic heterocycles. The first-order chi connectivity index (χ1) is 18.5. The largest absolute Gasteiger partial charge is 0.355 e. The number of aromatic nitrogens is 4. The van der Waals surface area contributed by atoms with Crippen LogP contribution in [-0.2, 0) is 35.1 Å². The molecule has 0 bridgehead atoms. The monoisotopic (exact) mass is 662 g/mol. The maximum absolute atomic E-state index is 11.7. The van der Waals surface area contributed by atoms with E-state index in [2.05, 4.69) is 35.7 Å². The van der Waals surface area contributed by atoms with Crippen molar-refractivity contribution in [3.63, 3.8) is 0 Å². The first-order valence-electron chi connectivity index (χ1n) is 11.1. The van der Waals surface area contributed by atoms with Gasteiger partial charge >= 0.3 is 0 Å². The summed E-state index contributed by atoms with van der Waals surface area (Å²) in [4.78, 5) is 21.6. The van der Waals surface area contributed by atoms with E-state index in [1.165, 1.54) is 29.8 Å². The molecule has 40 heavy (non-hydrogen) atoms. The Kier molecular flexibility index (Phi) is 12.7. The molecule has 2 aromatic heterocycles. The van der Waals surface area contributed by atoms with E-state index in [0.717, 1.165) is 11.3 Å². The average molecular weight is 663 g/mol. The average Bonchev–Trinajstić information content (AvgIpc) is 3.25. The van der Waals surface area contributed by atoms with Gasteiger partial charge in [0, 0.05) is 25.8 Å². The molecule has 2 heterocycles. The Morgan fingerprint density at radius 2 is 1.52 bits per heavy atom. The van der Waals surface area contributed by atoms with E-state index in [-0.39, 0.29) is 60.7 Å². The number of carbonyl (C=O) groups is 1. The van der Waals surface area contributed by atoms with Gasteiger partial charge in [-0.2, -0.15) is 25.3 Å². The van der Waals surface area contributed by atoms with Gasteiger partial charge in [0.15, 0.2) is 10.2 Å². The topological polar surface area (TPSA) is 272 Å². The zero-order chi connectivity index (χ0) is 30.0. The lowest BCUT2D eigenvalue weighted by molar-refractivity contribution is -0.114. The van der Waals surface area contributed by atoms with Crippen LogP contribution in [0, 0.1) is 0 Å². The highest BCUT2D eigenvalue weighted by molar-refractivity contribution is 8.01. The summed E-state index contributed by atoms with van der Waals surface area (Å²) >= 11 is 2.25. The third-order valence-corrected chi connectivity index (χ3v) is 8.86. The first-order valence-corrected chi connectivity index (χ1v) is 17.8. The van der Waals surface area contributed by atoms with Gasteiger partial charge in [-0.15, -0.1) is 20.4 Å². The Hall–Kier alpha value is -2.41. The summed E-state index contributed by atoms with van der Waals surface area (Å²) in [6.07, 6.45) is 1.34. The van der Waals surface area contributed by atoms with Crippen LogP contribution < -0.4 is 10.2 Å². The molecule has 0 atom stereocenters. The van der Waals surface area contributed by atoms with Gasteiger partial charge in [-0.25, -0.2) is 9.97 Å². The highest BCUT2D eigenvalue weighted by Crippen LogP contribution is 2.30. The Morgan fingerprint density at radius 3 is 2.08 bits per heavy atom. The normalized spacial score (nSPS) is 12.6. The molecule has 0 aromatic carbocycles. The number of thioether (sulfide) groups is 1. The van der Waals surface area contributed by atoms with Crippen LogP contribution in [0.5, 0.6) is 0 Å². The molecule has 224 valence electrons. The van der Waals surface area contributed by atoms with Crippen LogP contribution in [0.2, 0.25) is 0 Å². The second kappa shape index (κ2) is 15.0. The molecule has 2 aromatic rings. The minimum atomic E-state index is -4.25. The molecule has 0 unspecified atom stereocenters. The molecule has 23 heteroatoms. The van der Waals surface area contributed by atoms with Crippen LogP contribution in [-0.4, -0.2) is 101 Å². The van der Waals surface area contributed by atoms with Gasteiger partial charge in [0.1, 0.15) is 5.82 Å². The van der Waals surface area contributed by atoms with Crippen LogP contribution in [0.3, 0.4) is 0 Å². The highest BCUT2D eigenvalue weighted by Gasteiger charge is 2.17. The van der Waals surface area contributed by atoms with Gasteiger partial charge in [-0.1, -0.05) is 23.1 Å². The summed E-state index contributed by atoms with van der Waals surface area (Å²) in [6, 6.07) is 0. The molecule has 0 saturated carbocycles. The van der Waals surface area contributed by atoms with Gasteiger partial charge in [0.25, 0.3) is 35.5 Å². The zero-order valence-corrected chi connectivity index (χ0v) is 24.9. The number of hydrogen-bond donors (Lipinski definition) is 4. The summed E-state index contributed by atoms with van der Waals surface area (Å²) in [7, 11) is -12.5. The summed E-state index contributed by atoms with van der Waals surface area (Å²) in [6.45, 7) is 1.23. The van der Waals surface area contributed by atoms with Gasteiger partial charge in [0.2, 0.25) is 11.7 Å². The van der Waals surface area contributed by atoms with E-state index >= 15 is 0 Å². The summed E-state index contributed by atoms with van der Waals surface area (Å²) in [5.74, 6) is -1.80. The smallest absolute Gasteiger partial charge is 0.264 e. The lowest BCUT2D eigenvalue weighted by Crippen LogP contribution is -2.29. The molecule has 0 spiro atoms. The minimum Gasteiger partial charge on any atom is -0.355 e. The molecule has 0 aliphatic carbocycles. The Morgan fingerprint density at radius 1 is 0.950 bits per heavy atom. The number of anilines is 2. The molecule has 4 N–H and O–H groups in total. The molecule has 0 aliphatic rings. The van der Waals surface area contributed by atoms with Gasteiger partial charge in [-0.3, -0.25) is 18.5 Å². The van der Waals surface area contributed by atoms with Crippen LogP contribution >= 0.6 is 23.1 Å². The number of nitrogens with zero attached hydrogens (tertiary/aromatic N) is 7. The predicted molar refractivity (Wildman–Crippen MR) is 146 cm³/mol. The van der Waals surface area contributed by atoms with Crippen molar-refractivity contribution in [3.05, 3.63) is 6.20 Å². The van der Waals surface area contributed by atoms with E-state index in [9.17, 15) is 30.0 Å². The lowest BCUT2D eigenvalue weighted by Gasteiger charge is -2.23. The molecule has 0 saturated heterocycles. The molecule has 0 radical (unpaired) electrons. The van der Waals surface area contributed by atoms with Crippen molar-refractivity contribution < 1.29 is 43.7 Å². The highest BCUT2D eigenvalue weighted by atomic mass is 32.2. The Balaban J connectivity index is 2.20. The van der Waals surface area contributed by atoms with Crippen LogP contribution in [0.1, 0.15) is 26.2 Å². The lowest BCUT2D eigenvalue weighted by atomic mass is 10.3. The van der Waals surface area contributed by atoms with Crippen LogP contribution in [0.4, 0.5) is 22.6 Å². The molecule has 1 amide bonds. The fraction of sp³-hybridized carbons (Fsp3) is 0.588. The van der Waals surface area contributed by atoms with Crippen molar-refractivity contribution in [2.24, 2.45) is 10.2 Å². The van der Waals surface area contributed by atoms with Crippen molar-refractivity contribution in [2.75, 3.05) is 46.3 Å². The maximum Gasteiger partial charge on any atom is 0.264 e. The van der Waals surface area contributed by atoms with Crippen molar-refractivity contribution >= 4 is 81.9 Å². The summed E-state index contributed by atoms with van der Waals surface area (Å²) in [5, 5.41) is 18.2. The third kappa shape index (κ3) is 14.3. The van der Waals surface area contributed by atoms with Crippen molar-refractivity contribution in [1.29, 1.82) is 0 Å². The predicted octanol–water partition coefficient (Wildman–Crippen LogP) is 1.43. The zero-order valence-electron chi connectivity index (χ0n) is 20.8. The summed E-state index contributed by atoms with van der Waals surface area (Å²) in [5.41, 5.74) is 0. The van der Waals surface area contributed by atoms with Crippen molar-refractivity contribution in [2.45, 2.75) is 30.5 Å². The van der Waals surface area contributed by atoms with E-state index in [0.29, 0.717) is 10.1 Å². The minimum absolute atomic E-state index is 0.00971. The molecule has 2 rings (SSSR count). The van der Waals surface area contributed by atoms with Crippen LogP contribution in [0.25, 0.3) is 0 Å². The third-order valence-electron chi connectivity index (χ3n) is 4.42. The fourth-order valence-corrected chi connectivity index (χ4v) is 6.21. The first kappa shape index (κ1) is 33.8. The number of amides is 1. The quantitative estimate of drug-likeness (QED) is 0.0807. The van der Waals surface area contributed by atoms with Crippen molar-refractivity contribution in [3.8, 4) is 0 Å². The van der Waals surface area contributed by atoms with E-state index in [1.54, 1.807) is 0 Å². The van der Waals surface area contributed by atoms with Crippen LogP contribution in [0.15, 0.2) is 20.8 Å². The number of nitrogens with one attached hydrogen (secondary N) is 1.